The van der Waals surface area contributed by atoms with E-state index in [0.717, 1.165) is 63.9 Å². The van der Waals surface area contributed by atoms with Crippen molar-refractivity contribution in [3.8, 4) is 0 Å². The Morgan fingerprint density at radius 3 is 1.24 bits per heavy atom. The van der Waals surface area contributed by atoms with Crippen molar-refractivity contribution in [1.29, 1.82) is 0 Å². The molecule has 8 rings (SSSR count). The van der Waals surface area contributed by atoms with Gasteiger partial charge in [0.1, 0.15) is 26.4 Å². The molecule has 0 radical (unpaired) electrons. The molecule has 0 aromatic rings. The number of hydrogen-bond donors (Lipinski definition) is 0. The Morgan fingerprint density at radius 2 is 0.838 bits per heavy atom. The van der Waals surface area contributed by atoms with Gasteiger partial charge >= 0.3 is 0 Å². The molecule has 208 valence electrons. The summed E-state index contributed by atoms with van der Waals surface area (Å²) in [7, 11) is 0. The Hall–Kier alpha value is -0.320. The van der Waals surface area contributed by atoms with E-state index >= 15 is 0 Å². The second-order valence-corrected chi connectivity index (χ2v) is 13.1. The zero-order chi connectivity index (χ0) is 24.3. The number of rotatable bonds is 10. The molecule has 0 spiro atoms. The summed E-state index contributed by atoms with van der Waals surface area (Å²) in [4.78, 5) is 0. The standard InChI is InChI=1S/C29H44O8/c1-5-18(34-26-12-30-26)9-20-16(1)3-7-24(36-28-14-32-28)22(20)11-23-21-10-19(35-27-13-31-27)6-2-17(21)4-8-25(23)37-29-15-33-29/h16-29H,1-15H2. The van der Waals surface area contributed by atoms with Crippen LogP contribution in [0, 0.1) is 35.5 Å². The predicted octanol–water partition coefficient (Wildman–Crippen LogP) is 4.00. The van der Waals surface area contributed by atoms with Crippen molar-refractivity contribution in [2.24, 2.45) is 35.5 Å². The molecule has 4 heterocycles. The van der Waals surface area contributed by atoms with E-state index in [-0.39, 0.29) is 37.4 Å². The van der Waals surface area contributed by atoms with Crippen LogP contribution in [0.2, 0.25) is 0 Å². The highest BCUT2D eigenvalue weighted by molar-refractivity contribution is 4.99. The van der Waals surface area contributed by atoms with E-state index in [1.54, 1.807) is 0 Å². The van der Waals surface area contributed by atoms with Gasteiger partial charge in [0, 0.05) is 0 Å². The molecule has 14 atom stereocenters. The molecule has 8 aliphatic rings. The van der Waals surface area contributed by atoms with Crippen LogP contribution >= 0.6 is 0 Å². The van der Waals surface area contributed by atoms with E-state index in [1.165, 1.54) is 44.9 Å². The summed E-state index contributed by atoms with van der Waals surface area (Å²) in [6.07, 6.45) is 14.5. The Morgan fingerprint density at radius 1 is 0.459 bits per heavy atom. The second kappa shape index (κ2) is 10.3. The molecule has 37 heavy (non-hydrogen) atoms. The van der Waals surface area contributed by atoms with E-state index in [0.29, 0.717) is 35.9 Å². The quantitative estimate of drug-likeness (QED) is 0.400. The number of ether oxygens (including phenoxy) is 8. The van der Waals surface area contributed by atoms with Crippen LogP contribution in [0.25, 0.3) is 0 Å². The van der Waals surface area contributed by atoms with Gasteiger partial charge in [-0.3, -0.25) is 0 Å². The van der Waals surface area contributed by atoms with Crippen LogP contribution in [0.15, 0.2) is 0 Å². The van der Waals surface area contributed by atoms with Gasteiger partial charge in [-0.2, -0.15) is 0 Å². The van der Waals surface area contributed by atoms with Gasteiger partial charge in [0.15, 0.2) is 25.2 Å². The molecule has 4 saturated heterocycles. The molecule has 8 heteroatoms. The third-order valence-corrected chi connectivity index (χ3v) is 10.8. The van der Waals surface area contributed by atoms with Crippen LogP contribution in [0.5, 0.6) is 0 Å². The van der Waals surface area contributed by atoms with Crippen molar-refractivity contribution in [2.45, 2.75) is 120 Å². The van der Waals surface area contributed by atoms with Gasteiger partial charge in [-0.1, -0.05) is 0 Å². The van der Waals surface area contributed by atoms with Gasteiger partial charge < -0.3 is 37.9 Å². The highest BCUT2D eigenvalue weighted by Gasteiger charge is 2.51. The third kappa shape index (κ3) is 5.78. The van der Waals surface area contributed by atoms with Crippen LogP contribution in [-0.2, 0) is 37.9 Å². The normalized spacial score (nSPS) is 54.2. The highest BCUT2D eigenvalue weighted by atomic mass is 16.8. The van der Waals surface area contributed by atoms with E-state index < -0.39 is 0 Å². The summed E-state index contributed by atoms with van der Waals surface area (Å²) < 4.78 is 47.7. The minimum absolute atomic E-state index is 0.0107. The molecule has 14 unspecified atom stereocenters. The maximum absolute atomic E-state index is 6.59. The van der Waals surface area contributed by atoms with Crippen LogP contribution in [0.3, 0.4) is 0 Å². The first-order chi connectivity index (χ1) is 18.2. The minimum Gasteiger partial charge on any atom is -0.347 e. The van der Waals surface area contributed by atoms with E-state index in [1.807, 2.05) is 0 Å². The zero-order valence-corrected chi connectivity index (χ0v) is 22.0. The lowest BCUT2D eigenvalue weighted by atomic mass is 9.57. The maximum Gasteiger partial charge on any atom is 0.181 e. The largest absolute Gasteiger partial charge is 0.347 e. The SMILES string of the molecule is C1CC2CCC(OC3CO3)C(CC3C(OC4CO4)CCC4CCC(OC5CO5)CC43)C2CC1OC1CO1. The summed E-state index contributed by atoms with van der Waals surface area (Å²) in [5.41, 5.74) is 0. The lowest BCUT2D eigenvalue weighted by Crippen LogP contribution is -2.49. The molecular formula is C29H44O8. The average Bonchev–Trinajstić information content (AvgIpc) is 3.73. The van der Waals surface area contributed by atoms with Crippen LogP contribution in [-0.4, -0.2) is 76.0 Å². The summed E-state index contributed by atoms with van der Waals surface area (Å²) in [5.74, 6) is 3.90. The van der Waals surface area contributed by atoms with Crippen LogP contribution in [0.4, 0.5) is 0 Å². The maximum atomic E-state index is 6.59. The lowest BCUT2D eigenvalue weighted by Gasteiger charge is -2.52. The molecule has 8 fully saturated rings. The monoisotopic (exact) mass is 520 g/mol. The van der Waals surface area contributed by atoms with Crippen molar-refractivity contribution >= 4 is 0 Å². The molecule has 0 aromatic heterocycles. The van der Waals surface area contributed by atoms with Crippen LogP contribution in [0.1, 0.15) is 70.6 Å². The molecule has 0 aromatic carbocycles. The molecular weight excluding hydrogens is 476 g/mol. The number of hydrogen-bond acceptors (Lipinski definition) is 8. The molecule has 8 nitrogen and oxygen atoms in total. The Kier molecular flexibility index (Phi) is 6.79. The molecule has 4 saturated carbocycles. The Labute approximate surface area is 220 Å². The molecule has 0 amide bonds. The smallest absolute Gasteiger partial charge is 0.181 e. The summed E-state index contributed by atoms with van der Waals surface area (Å²) >= 11 is 0. The second-order valence-electron chi connectivity index (χ2n) is 13.1. The van der Waals surface area contributed by atoms with Gasteiger partial charge in [-0.25, -0.2) is 0 Å². The van der Waals surface area contributed by atoms with Crippen molar-refractivity contribution in [1.82, 2.24) is 0 Å². The van der Waals surface area contributed by atoms with Crippen molar-refractivity contribution < 1.29 is 37.9 Å². The van der Waals surface area contributed by atoms with Crippen LogP contribution < -0.4 is 0 Å². The van der Waals surface area contributed by atoms with E-state index in [9.17, 15) is 0 Å². The lowest BCUT2D eigenvalue weighted by molar-refractivity contribution is -0.151. The molecule has 4 aliphatic carbocycles. The minimum atomic E-state index is 0.0107. The van der Waals surface area contributed by atoms with Gasteiger partial charge in [0.25, 0.3) is 0 Å². The van der Waals surface area contributed by atoms with Crippen molar-refractivity contribution in [3.63, 3.8) is 0 Å². The van der Waals surface area contributed by atoms with Crippen molar-refractivity contribution in [3.05, 3.63) is 0 Å². The fourth-order valence-electron chi connectivity index (χ4n) is 8.80. The number of epoxide rings is 4. The van der Waals surface area contributed by atoms with Crippen molar-refractivity contribution in [2.75, 3.05) is 26.4 Å². The number of fused-ring (bicyclic) bond motifs is 2. The predicted molar refractivity (Wildman–Crippen MR) is 130 cm³/mol. The summed E-state index contributed by atoms with van der Waals surface area (Å²) in [6.45, 7) is 3.04. The van der Waals surface area contributed by atoms with Gasteiger partial charge in [0.2, 0.25) is 0 Å². The van der Waals surface area contributed by atoms with Gasteiger partial charge in [0.05, 0.1) is 24.4 Å². The van der Waals surface area contributed by atoms with E-state index in [2.05, 4.69) is 0 Å². The Bertz CT molecular complexity index is 727. The topological polar surface area (TPSA) is 87.0 Å². The third-order valence-electron chi connectivity index (χ3n) is 10.8. The highest BCUT2D eigenvalue weighted by Crippen LogP contribution is 2.54. The average molecular weight is 521 g/mol. The van der Waals surface area contributed by atoms with Gasteiger partial charge in [-0.15, -0.1) is 0 Å². The summed E-state index contributed by atoms with van der Waals surface area (Å²) in [5, 5.41) is 0. The molecule has 0 bridgehead atoms. The molecule has 4 aliphatic heterocycles. The zero-order valence-electron chi connectivity index (χ0n) is 22.0. The fraction of sp³-hybridized carbons (Fsp3) is 1.00. The molecule has 0 N–H and O–H groups in total. The first-order valence-corrected chi connectivity index (χ1v) is 15.3. The Balaban J connectivity index is 1.04. The fourth-order valence-corrected chi connectivity index (χ4v) is 8.80. The van der Waals surface area contributed by atoms with E-state index in [4.69, 9.17) is 37.9 Å². The summed E-state index contributed by atoms with van der Waals surface area (Å²) in [6, 6.07) is 0. The van der Waals surface area contributed by atoms with Gasteiger partial charge in [-0.05, 0) is 106 Å². The first kappa shape index (κ1) is 24.5. The first-order valence-electron chi connectivity index (χ1n) is 15.3.